The maximum atomic E-state index is 3.65. The van der Waals surface area contributed by atoms with E-state index in [1.165, 1.54) is 41.5 Å². The van der Waals surface area contributed by atoms with Crippen LogP contribution in [0.2, 0.25) is 0 Å². The molecule has 1 aromatic carbocycles. The van der Waals surface area contributed by atoms with Gasteiger partial charge in [0.2, 0.25) is 0 Å². The fourth-order valence-electron chi connectivity index (χ4n) is 3.57. The Morgan fingerprint density at radius 1 is 1.10 bits per heavy atom. The van der Waals surface area contributed by atoms with Gasteiger partial charge in [0.05, 0.1) is 0 Å². The third kappa shape index (κ3) is 3.60. The Morgan fingerprint density at radius 2 is 1.86 bits per heavy atom. The Morgan fingerprint density at radius 3 is 2.57 bits per heavy atom. The largest absolute Gasteiger partial charge is 0.385 e. The molecule has 0 aliphatic heterocycles. The molecule has 1 nitrogen and oxygen atoms in total. The third-order valence-corrected chi connectivity index (χ3v) is 6.02. The van der Waals surface area contributed by atoms with E-state index in [-0.39, 0.29) is 0 Å². The molecule has 0 saturated heterocycles. The van der Waals surface area contributed by atoms with Crippen molar-refractivity contribution in [1.82, 2.24) is 0 Å². The fourth-order valence-corrected chi connectivity index (χ4v) is 4.34. The fraction of sp³-hybridized carbons (Fsp3) is 0.579. The van der Waals surface area contributed by atoms with E-state index < -0.39 is 0 Å². The van der Waals surface area contributed by atoms with Crippen molar-refractivity contribution in [2.45, 2.75) is 46.5 Å². The standard InChI is InChI=1S/C19H27NS/c1-19(2,3)16-6-4-14(5-7-16)13-20-17-8-9-18-15(12-17)10-11-21-18/h8-12,14,16,20H,4-7,13H2,1-3H3. The van der Waals surface area contributed by atoms with Crippen LogP contribution >= 0.6 is 11.3 Å². The molecule has 114 valence electrons. The van der Waals surface area contributed by atoms with Crippen LogP contribution < -0.4 is 5.32 Å². The van der Waals surface area contributed by atoms with Gasteiger partial charge in [0.25, 0.3) is 0 Å². The monoisotopic (exact) mass is 301 g/mol. The van der Waals surface area contributed by atoms with Crippen LogP contribution in [0.1, 0.15) is 46.5 Å². The van der Waals surface area contributed by atoms with Gasteiger partial charge in [-0.05, 0) is 78.0 Å². The van der Waals surface area contributed by atoms with E-state index in [0.717, 1.165) is 18.4 Å². The lowest BCUT2D eigenvalue weighted by atomic mass is 9.70. The summed E-state index contributed by atoms with van der Waals surface area (Å²) < 4.78 is 1.38. The molecule has 1 fully saturated rings. The first-order chi connectivity index (χ1) is 10.0. The number of benzene rings is 1. The first kappa shape index (κ1) is 14.9. The highest BCUT2D eigenvalue weighted by atomic mass is 32.1. The topological polar surface area (TPSA) is 12.0 Å². The number of hydrogen-bond donors (Lipinski definition) is 1. The van der Waals surface area contributed by atoms with Crippen LogP contribution in [0.3, 0.4) is 0 Å². The Balaban J connectivity index is 1.52. The van der Waals surface area contributed by atoms with Crippen LogP contribution in [0.25, 0.3) is 10.1 Å². The van der Waals surface area contributed by atoms with E-state index in [2.05, 4.69) is 55.7 Å². The van der Waals surface area contributed by atoms with Gasteiger partial charge in [0.15, 0.2) is 0 Å². The lowest BCUT2D eigenvalue weighted by Crippen LogP contribution is -2.28. The Kier molecular flexibility index (Phi) is 4.26. The van der Waals surface area contributed by atoms with Crippen LogP contribution in [0.15, 0.2) is 29.6 Å². The van der Waals surface area contributed by atoms with Gasteiger partial charge in [-0.25, -0.2) is 0 Å². The molecule has 1 aliphatic rings. The van der Waals surface area contributed by atoms with Gasteiger partial charge in [-0.15, -0.1) is 11.3 Å². The van der Waals surface area contributed by atoms with Crippen molar-refractivity contribution in [2.24, 2.45) is 17.3 Å². The molecule has 1 heterocycles. The molecule has 0 atom stereocenters. The predicted molar refractivity (Wildman–Crippen MR) is 95.2 cm³/mol. The summed E-state index contributed by atoms with van der Waals surface area (Å²) in [6.45, 7) is 8.32. The average Bonchev–Trinajstić information content (AvgIpc) is 2.92. The summed E-state index contributed by atoms with van der Waals surface area (Å²) in [5.74, 6) is 1.76. The molecule has 1 saturated carbocycles. The van der Waals surface area contributed by atoms with Crippen molar-refractivity contribution < 1.29 is 0 Å². The van der Waals surface area contributed by atoms with Gasteiger partial charge in [-0.2, -0.15) is 0 Å². The van der Waals surface area contributed by atoms with Crippen molar-refractivity contribution >= 4 is 27.1 Å². The quantitative estimate of drug-likeness (QED) is 0.715. The summed E-state index contributed by atoms with van der Waals surface area (Å²) in [5.41, 5.74) is 1.77. The summed E-state index contributed by atoms with van der Waals surface area (Å²) in [5, 5.41) is 7.19. The van der Waals surface area contributed by atoms with Crippen molar-refractivity contribution in [3.8, 4) is 0 Å². The number of fused-ring (bicyclic) bond motifs is 1. The molecule has 1 aromatic heterocycles. The van der Waals surface area contributed by atoms with Crippen LogP contribution in [0, 0.1) is 17.3 Å². The zero-order valence-corrected chi connectivity index (χ0v) is 14.3. The molecule has 0 spiro atoms. The summed E-state index contributed by atoms with van der Waals surface area (Å²) >= 11 is 1.82. The summed E-state index contributed by atoms with van der Waals surface area (Å²) in [4.78, 5) is 0. The molecule has 2 heteroatoms. The normalized spacial score (nSPS) is 23.4. The van der Waals surface area contributed by atoms with Crippen LogP contribution in [0.4, 0.5) is 5.69 Å². The SMILES string of the molecule is CC(C)(C)C1CCC(CNc2ccc3sccc3c2)CC1. The highest BCUT2D eigenvalue weighted by Gasteiger charge is 2.29. The highest BCUT2D eigenvalue weighted by Crippen LogP contribution is 2.39. The van der Waals surface area contributed by atoms with Gasteiger partial charge in [-0.1, -0.05) is 20.8 Å². The number of thiophene rings is 1. The smallest absolute Gasteiger partial charge is 0.0347 e. The maximum Gasteiger partial charge on any atom is 0.0347 e. The van der Waals surface area contributed by atoms with E-state index in [0.29, 0.717) is 5.41 Å². The van der Waals surface area contributed by atoms with E-state index in [1.54, 1.807) is 0 Å². The van der Waals surface area contributed by atoms with Crippen molar-refractivity contribution in [3.05, 3.63) is 29.6 Å². The molecule has 2 aromatic rings. The molecule has 1 N–H and O–H groups in total. The lowest BCUT2D eigenvalue weighted by Gasteiger charge is -2.37. The minimum atomic E-state index is 0.488. The molecular formula is C19H27NS. The zero-order chi connectivity index (χ0) is 14.9. The molecule has 0 amide bonds. The van der Waals surface area contributed by atoms with E-state index >= 15 is 0 Å². The van der Waals surface area contributed by atoms with Crippen LogP contribution in [0.5, 0.6) is 0 Å². The minimum absolute atomic E-state index is 0.488. The third-order valence-electron chi connectivity index (χ3n) is 5.12. The number of nitrogens with one attached hydrogen (secondary N) is 1. The van der Waals surface area contributed by atoms with E-state index in [4.69, 9.17) is 0 Å². The molecule has 21 heavy (non-hydrogen) atoms. The number of hydrogen-bond acceptors (Lipinski definition) is 2. The first-order valence-corrected chi connectivity index (χ1v) is 9.11. The number of rotatable bonds is 3. The summed E-state index contributed by atoms with van der Waals surface area (Å²) in [7, 11) is 0. The molecular weight excluding hydrogens is 274 g/mol. The van der Waals surface area contributed by atoms with E-state index in [9.17, 15) is 0 Å². The van der Waals surface area contributed by atoms with Gasteiger partial charge < -0.3 is 5.32 Å². The number of anilines is 1. The maximum absolute atomic E-state index is 3.65. The van der Waals surface area contributed by atoms with Crippen molar-refractivity contribution in [3.63, 3.8) is 0 Å². The van der Waals surface area contributed by atoms with Crippen molar-refractivity contribution in [1.29, 1.82) is 0 Å². The van der Waals surface area contributed by atoms with Gasteiger partial charge in [0.1, 0.15) is 0 Å². The minimum Gasteiger partial charge on any atom is -0.385 e. The van der Waals surface area contributed by atoms with Gasteiger partial charge in [0, 0.05) is 16.9 Å². The van der Waals surface area contributed by atoms with Crippen molar-refractivity contribution in [2.75, 3.05) is 11.9 Å². The van der Waals surface area contributed by atoms with Crippen LogP contribution in [-0.4, -0.2) is 6.54 Å². The lowest BCUT2D eigenvalue weighted by molar-refractivity contribution is 0.153. The Labute approximate surface area is 132 Å². The zero-order valence-electron chi connectivity index (χ0n) is 13.5. The first-order valence-electron chi connectivity index (χ1n) is 8.23. The molecule has 3 rings (SSSR count). The van der Waals surface area contributed by atoms with E-state index in [1.807, 2.05) is 11.3 Å². The average molecular weight is 301 g/mol. The Hall–Kier alpha value is -1.02. The Bertz CT molecular complexity index is 585. The second kappa shape index (κ2) is 6.00. The van der Waals surface area contributed by atoms with Gasteiger partial charge in [-0.3, -0.25) is 0 Å². The highest BCUT2D eigenvalue weighted by molar-refractivity contribution is 7.17. The molecule has 1 aliphatic carbocycles. The summed E-state index contributed by atoms with van der Waals surface area (Å²) in [6, 6.07) is 8.95. The predicted octanol–water partition coefficient (Wildman–Crippen LogP) is 6.17. The summed E-state index contributed by atoms with van der Waals surface area (Å²) in [6.07, 6.45) is 5.57. The van der Waals surface area contributed by atoms with Gasteiger partial charge >= 0.3 is 0 Å². The van der Waals surface area contributed by atoms with Crippen LogP contribution in [-0.2, 0) is 0 Å². The second-order valence-electron chi connectivity index (χ2n) is 7.64. The second-order valence-corrected chi connectivity index (χ2v) is 8.59. The molecule has 0 radical (unpaired) electrons. The molecule has 0 unspecified atom stereocenters. The molecule has 0 bridgehead atoms.